The van der Waals surface area contributed by atoms with Gasteiger partial charge in [0.2, 0.25) is 5.95 Å². The lowest BCUT2D eigenvalue weighted by atomic mass is 9.50. The molecule has 12 heteroatoms. The zero-order chi connectivity index (χ0) is 26.2. The number of alkyl carbamates (subject to hydrolysis) is 1. The quantitative estimate of drug-likeness (QED) is 0.350. The normalized spacial score (nSPS) is 27.7. The molecule has 0 aromatic carbocycles. The van der Waals surface area contributed by atoms with Crippen molar-refractivity contribution in [3.63, 3.8) is 0 Å². The number of aryl methyl sites for hydroxylation is 3. The van der Waals surface area contributed by atoms with Gasteiger partial charge in [0.1, 0.15) is 12.3 Å². The maximum absolute atomic E-state index is 15.3. The Kier molecular flexibility index (Phi) is 5.04. The summed E-state index contributed by atoms with van der Waals surface area (Å²) in [4.78, 5) is 21.7. The van der Waals surface area contributed by atoms with E-state index in [9.17, 15) is 4.79 Å². The SMILES string of the molecule is Cc1cnn(C)c1-c1c(C)nc(Nc2cc([C@@H]3CC[C@H](OC(=O)NC45CC(C4)C5)[C@@H]3F)[nH]n2)n2ccnc12. The van der Waals surface area contributed by atoms with E-state index >= 15 is 4.39 Å². The smallest absolute Gasteiger partial charge is 0.407 e. The molecule has 4 fully saturated rings. The van der Waals surface area contributed by atoms with E-state index < -0.39 is 24.3 Å². The topological polar surface area (TPSA) is 127 Å². The molecule has 0 aliphatic heterocycles. The zero-order valence-corrected chi connectivity index (χ0v) is 21.5. The fraction of sp³-hybridized carbons (Fsp3) is 0.500. The number of anilines is 2. The van der Waals surface area contributed by atoms with E-state index in [0.717, 1.165) is 53.3 Å². The van der Waals surface area contributed by atoms with Crippen molar-refractivity contribution in [1.29, 1.82) is 0 Å². The van der Waals surface area contributed by atoms with Gasteiger partial charge in [0.25, 0.3) is 0 Å². The highest BCUT2D eigenvalue weighted by molar-refractivity contribution is 5.80. The number of H-pyrrole nitrogens is 1. The highest BCUT2D eigenvalue weighted by Crippen LogP contribution is 2.57. The second-order valence-corrected chi connectivity index (χ2v) is 11.1. The molecular formula is C26H30FN9O2. The summed E-state index contributed by atoms with van der Waals surface area (Å²) in [6, 6.07) is 1.79. The number of aromatic nitrogens is 7. The van der Waals surface area contributed by atoms with Gasteiger partial charge in [-0.1, -0.05) is 0 Å². The number of halogens is 1. The predicted octanol–water partition coefficient (Wildman–Crippen LogP) is 4.08. The summed E-state index contributed by atoms with van der Waals surface area (Å²) in [5.41, 5.74) is 5.03. The van der Waals surface area contributed by atoms with Crippen molar-refractivity contribution in [3.8, 4) is 11.3 Å². The maximum atomic E-state index is 15.3. The number of hydrogen-bond acceptors (Lipinski definition) is 7. The Labute approximate surface area is 218 Å². The number of carbonyl (C=O) groups excluding carboxylic acids is 1. The molecule has 0 saturated heterocycles. The van der Waals surface area contributed by atoms with Gasteiger partial charge in [0, 0.05) is 42.7 Å². The van der Waals surface area contributed by atoms with E-state index in [1.54, 1.807) is 12.3 Å². The minimum Gasteiger partial charge on any atom is -0.443 e. The molecule has 11 nitrogen and oxygen atoms in total. The average Bonchev–Trinajstić information content (AvgIpc) is 3.61. The monoisotopic (exact) mass is 519 g/mol. The van der Waals surface area contributed by atoms with E-state index in [1.165, 1.54) is 0 Å². The number of alkyl halides is 1. The van der Waals surface area contributed by atoms with Crippen LogP contribution in [0.1, 0.15) is 55.0 Å². The van der Waals surface area contributed by atoms with Crippen LogP contribution in [0.5, 0.6) is 0 Å². The Morgan fingerprint density at radius 1 is 1.26 bits per heavy atom. The first kappa shape index (κ1) is 23.2. The number of amides is 1. The molecule has 4 heterocycles. The van der Waals surface area contributed by atoms with E-state index in [0.29, 0.717) is 30.3 Å². The zero-order valence-electron chi connectivity index (χ0n) is 21.5. The molecule has 38 heavy (non-hydrogen) atoms. The first-order chi connectivity index (χ1) is 18.3. The number of nitrogens with one attached hydrogen (secondary N) is 3. The Morgan fingerprint density at radius 2 is 2.08 bits per heavy atom. The summed E-state index contributed by atoms with van der Waals surface area (Å²) in [5, 5.41) is 17.9. The third-order valence-electron chi connectivity index (χ3n) is 8.49. The van der Waals surface area contributed by atoms with E-state index in [1.807, 2.05) is 42.4 Å². The minimum atomic E-state index is -1.30. The van der Waals surface area contributed by atoms with Crippen LogP contribution in [0.15, 0.2) is 24.7 Å². The molecule has 3 N–H and O–H groups in total. The van der Waals surface area contributed by atoms with E-state index in [2.05, 4.69) is 30.9 Å². The molecule has 4 aromatic rings. The Morgan fingerprint density at radius 3 is 2.79 bits per heavy atom. The van der Waals surface area contributed by atoms with Gasteiger partial charge >= 0.3 is 6.09 Å². The first-order valence-corrected chi connectivity index (χ1v) is 13.1. The highest BCUT2D eigenvalue weighted by Gasteiger charge is 2.58. The van der Waals surface area contributed by atoms with Crippen LogP contribution in [0, 0.1) is 19.8 Å². The van der Waals surface area contributed by atoms with Crippen LogP contribution in [-0.4, -0.2) is 58.3 Å². The molecule has 0 unspecified atom stereocenters. The molecule has 4 saturated carbocycles. The van der Waals surface area contributed by atoms with Crippen LogP contribution < -0.4 is 10.6 Å². The summed E-state index contributed by atoms with van der Waals surface area (Å²) in [6.45, 7) is 3.95. The van der Waals surface area contributed by atoms with E-state index in [4.69, 9.17) is 9.72 Å². The molecule has 3 atom stereocenters. The van der Waals surface area contributed by atoms with Gasteiger partial charge in [-0.3, -0.25) is 14.2 Å². The number of aromatic amines is 1. The van der Waals surface area contributed by atoms with Gasteiger partial charge in [0.05, 0.1) is 23.1 Å². The van der Waals surface area contributed by atoms with Crippen LogP contribution >= 0.6 is 0 Å². The third-order valence-corrected chi connectivity index (χ3v) is 8.49. The number of nitrogens with zero attached hydrogens (tertiary/aromatic N) is 6. The lowest BCUT2D eigenvalue weighted by Gasteiger charge is -2.61. The lowest BCUT2D eigenvalue weighted by molar-refractivity contribution is -0.0532. The standard InChI is InChI=1S/C26H30FN9O2/c1-13-12-29-35(3)22(13)20-14(2)30-24(36-7-6-28-23(20)36)31-19-8-17(33-34-19)16-4-5-18(21(16)27)38-25(37)32-26-9-15(10-26)11-26/h6-8,12,15-16,18,21H,4-5,9-11H2,1-3H3,(H,32,37)(H2,30,31,33,34)/t15?,16-,18-,21+,26?/m0/s1. The number of rotatable bonds is 6. The largest absolute Gasteiger partial charge is 0.443 e. The highest BCUT2D eigenvalue weighted by atomic mass is 19.1. The second-order valence-electron chi connectivity index (χ2n) is 11.1. The number of fused-ring (bicyclic) bond motifs is 1. The molecule has 1 amide bonds. The fourth-order valence-electron chi connectivity index (χ4n) is 6.45. The lowest BCUT2D eigenvalue weighted by Crippen LogP contribution is -2.68. The third kappa shape index (κ3) is 3.57. The summed E-state index contributed by atoms with van der Waals surface area (Å²) < 4.78 is 24.5. The summed E-state index contributed by atoms with van der Waals surface area (Å²) in [6.07, 6.45) is 6.92. The summed E-state index contributed by atoms with van der Waals surface area (Å²) in [7, 11) is 1.90. The Bertz CT molecular complexity index is 1520. The van der Waals surface area contributed by atoms with Crippen molar-refractivity contribution >= 4 is 23.5 Å². The second kappa shape index (κ2) is 8.27. The summed E-state index contributed by atoms with van der Waals surface area (Å²) in [5.74, 6) is 1.38. The van der Waals surface area contributed by atoms with Crippen molar-refractivity contribution in [2.24, 2.45) is 13.0 Å². The van der Waals surface area contributed by atoms with Crippen LogP contribution in [0.25, 0.3) is 16.9 Å². The van der Waals surface area contributed by atoms with Crippen molar-refractivity contribution in [3.05, 3.63) is 41.6 Å². The van der Waals surface area contributed by atoms with Crippen LogP contribution in [-0.2, 0) is 11.8 Å². The molecule has 0 radical (unpaired) electrons. The van der Waals surface area contributed by atoms with Crippen molar-refractivity contribution in [1.82, 2.24) is 39.7 Å². The van der Waals surface area contributed by atoms with Gasteiger partial charge < -0.3 is 15.4 Å². The predicted molar refractivity (Wildman–Crippen MR) is 137 cm³/mol. The van der Waals surface area contributed by atoms with Crippen LogP contribution in [0.4, 0.5) is 21.0 Å². The molecule has 4 aliphatic rings. The average molecular weight is 520 g/mol. The van der Waals surface area contributed by atoms with Gasteiger partial charge in [-0.05, 0) is 57.4 Å². The number of imidazole rings is 1. The van der Waals surface area contributed by atoms with Gasteiger partial charge in [-0.15, -0.1) is 0 Å². The molecule has 2 bridgehead atoms. The van der Waals surface area contributed by atoms with Crippen LogP contribution in [0.3, 0.4) is 0 Å². The first-order valence-electron chi connectivity index (χ1n) is 13.1. The molecule has 0 spiro atoms. The van der Waals surface area contributed by atoms with Gasteiger partial charge in [-0.25, -0.2) is 19.2 Å². The number of hydrogen-bond donors (Lipinski definition) is 3. The summed E-state index contributed by atoms with van der Waals surface area (Å²) >= 11 is 0. The van der Waals surface area contributed by atoms with Crippen molar-refractivity contribution in [2.75, 3.05) is 5.32 Å². The van der Waals surface area contributed by atoms with Crippen molar-refractivity contribution < 1.29 is 13.9 Å². The fourth-order valence-corrected chi connectivity index (χ4v) is 6.45. The van der Waals surface area contributed by atoms with Crippen LogP contribution in [0.2, 0.25) is 0 Å². The molecule has 4 aliphatic carbocycles. The Hall–Kier alpha value is -3.96. The molecule has 8 rings (SSSR count). The molecule has 4 aromatic heterocycles. The number of carbonyl (C=O) groups is 1. The minimum absolute atomic E-state index is 0.0860. The maximum Gasteiger partial charge on any atom is 0.407 e. The van der Waals surface area contributed by atoms with Gasteiger partial charge in [-0.2, -0.15) is 10.2 Å². The van der Waals surface area contributed by atoms with Gasteiger partial charge in [0.15, 0.2) is 11.5 Å². The molecular weight excluding hydrogens is 489 g/mol. The molecule has 198 valence electrons. The van der Waals surface area contributed by atoms with E-state index in [-0.39, 0.29) is 5.54 Å². The van der Waals surface area contributed by atoms with Crippen molar-refractivity contribution in [2.45, 2.75) is 69.7 Å². The number of ether oxygens (including phenoxy) is 1. The Balaban J connectivity index is 1.07.